The third-order valence-corrected chi connectivity index (χ3v) is 2.45. The molecule has 0 saturated carbocycles. The van der Waals surface area contributed by atoms with E-state index in [2.05, 4.69) is 10.2 Å². The molecule has 0 aliphatic carbocycles. The Morgan fingerprint density at radius 2 is 2.17 bits per heavy atom. The van der Waals surface area contributed by atoms with Crippen LogP contribution in [0.4, 0.5) is 4.39 Å². The molecule has 0 bridgehead atoms. The van der Waals surface area contributed by atoms with Gasteiger partial charge in [0.25, 0.3) is 5.89 Å². The molecule has 1 N–H and O–H groups in total. The Morgan fingerprint density at radius 1 is 1.44 bits per heavy atom. The monoisotopic (exact) mass is 250 g/mol. The van der Waals surface area contributed by atoms with E-state index < -0.39 is 17.7 Å². The van der Waals surface area contributed by atoms with Gasteiger partial charge in [-0.25, -0.2) is 4.39 Å². The number of carboxylic acids is 1. The second kappa shape index (κ2) is 4.95. The smallest absolute Gasteiger partial charge is 0.304 e. The standard InChI is InChI=1S/C12H11FN2O3/c1-7(6-10(16)17)11-14-15-12(18-11)8-4-2-3-5-9(8)13/h2-5,7H,6H2,1H3,(H,16,17). The summed E-state index contributed by atoms with van der Waals surface area (Å²) in [5.41, 5.74) is 0.207. The zero-order valence-corrected chi connectivity index (χ0v) is 9.63. The minimum Gasteiger partial charge on any atom is -0.481 e. The maximum atomic E-state index is 13.5. The van der Waals surface area contributed by atoms with Gasteiger partial charge in [0.15, 0.2) is 0 Å². The van der Waals surface area contributed by atoms with Gasteiger partial charge in [-0.2, -0.15) is 0 Å². The number of nitrogens with zero attached hydrogens (tertiary/aromatic N) is 2. The molecule has 1 heterocycles. The van der Waals surface area contributed by atoms with Crippen LogP contribution in [-0.4, -0.2) is 21.3 Å². The minimum absolute atomic E-state index is 0.0559. The number of aromatic nitrogens is 2. The van der Waals surface area contributed by atoms with E-state index in [0.29, 0.717) is 0 Å². The van der Waals surface area contributed by atoms with Gasteiger partial charge in [-0.3, -0.25) is 4.79 Å². The molecule has 94 valence electrons. The fourth-order valence-electron chi connectivity index (χ4n) is 1.53. The fourth-order valence-corrected chi connectivity index (χ4v) is 1.53. The number of hydrogen-bond acceptors (Lipinski definition) is 4. The van der Waals surface area contributed by atoms with Gasteiger partial charge in [0.05, 0.1) is 12.0 Å². The Morgan fingerprint density at radius 3 is 2.83 bits per heavy atom. The highest BCUT2D eigenvalue weighted by molar-refractivity contribution is 5.67. The van der Waals surface area contributed by atoms with Crippen LogP contribution in [0.1, 0.15) is 25.2 Å². The van der Waals surface area contributed by atoms with Gasteiger partial charge < -0.3 is 9.52 Å². The van der Waals surface area contributed by atoms with E-state index in [4.69, 9.17) is 9.52 Å². The molecular weight excluding hydrogens is 239 g/mol. The highest BCUT2D eigenvalue weighted by atomic mass is 19.1. The highest BCUT2D eigenvalue weighted by Gasteiger charge is 2.18. The van der Waals surface area contributed by atoms with E-state index in [1.54, 1.807) is 19.1 Å². The van der Waals surface area contributed by atoms with Crippen molar-refractivity contribution < 1.29 is 18.7 Å². The summed E-state index contributed by atoms with van der Waals surface area (Å²) in [5, 5.41) is 16.1. The summed E-state index contributed by atoms with van der Waals surface area (Å²) >= 11 is 0. The first-order valence-electron chi connectivity index (χ1n) is 5.38. The van der Waals surface area contributed by atoms with Crippen LogP contribution in [0.2, 0.25) is 0 Å². The Bertz CT molecular complexity index is 568. The van der Waals surface area contributed by atoms with Crippen molar-refractivity contribution in [2.45, 2.75) is 19.3 Å². The molecule has 0 fully saturated rings. The van der Waals surface area contributed by atoms with Crippen LogP contribution in [0.5, 0.6) is 0 Å². The number of carboxylic acid groups (broad SMARTS) is 1. The molecule has 1 aromatic heterocycles. The topological polar surface area (TPSA) is 76.2 Å². The summed E-state index contributed by atoms with van der Waals surface area (Å²) in [6.07, 6.45) is -0.112. The third kappa shape index (κ3) is 2.53. The fraction of sp³-hybridized carbons (Fsp3) is 0.250. The molecule has 2 rings (SSSR count). The molecule has 0 saturated heterocycles. The second-order valence-corrected chi connectivity index (χ2v) is 3.92. The molecular formula is C12H11FN2O3. The van der Waals surface area contributed by atoms with Crippen LogP contribution in [0.25, 0.3) is 11.5 Å². The van der Waals surface area contributed by atoms with Crippen LogP contribution < -0.4 is 0 Å². The van der Waals surface area contributed by atoms with Crippen LogP contribution >= 0.6 is 0 Å². The van der Waals surface area contributed by atoms with Crippen molar-refractivity contribution in [2.75, 3.05) is 0 Å². The Kier molecular flexibility index (Phi) is 3.36. The first-order valence-corrected chi connectivity index (χ1v) is 5.38. The lowest BCUT2D eigenvalue weighted by molar-refractivity contribution is -0.137. The van der Waals surface area contributed by atoms with E-state index in [1.165, 1.54) is 12.1 Å². The van der Waals surface area contributed by atoms with Crippen LogP contribution in [-0.2, 0) is 4.79 Å². The normalized spacial score (nSPS) is 12.3. The van der Waals surface area contributed by atoms with Gasteiger partial charge in [0, 0.05) is 5.92 Å². The summed E-state index contributed by atoms with van der Waals surface area (Å²) in [6, 6.07) is 6.03. The predicted octanol–water partition coefficient (Wildman–Crippen LogP) is 2.45. The van der Waals surface area contributed by atoms with Crippen molar-refractivity contribution in [1.82, 2.24) is 10.2 Å². The quantitative estimate of drug-likeness (QED) is 0.901. The maximum Gasteiger partial charge on any atom is 0.304 e. The Hall–Kier alpha value is -2.24. The SMILES string of the molecule is CC(CC(=O)O)c1nnc(-c2ccccc2F)o1. The second-order valence-electron chi connectivity index (χ2n) is 3.92. The summed E-state index contributed by atoms with van der Waals surface area (Å²) in [7, 11) is 0. The number of aliphatic carboxylic acids is 1. The van der Waals surface area contributed by atoms with E-state index in [1.807, 2.05) is 0 Å². The van der Waals surface area contributed by atoms with Crippen LogP contribution in [0.15, 0.2) is 28.7 Å². The van der Waals surface area contributed by atoms with E-state index in [0.717, 1.165) is 0 Å². The lowest BCUT2D eigenvalue weighted by Crippen LogP contribution is -2.02. The molecule has 1 aromatic carbocycles. The van der Waals surface area contributed by atoms with Crippen LogP contribution in [0, 0.1) is 5.82 Å². The Labute approximate surface area is 102 Å². The molecule has 5 nitrogen and oxygen atoms in total. The third-order valence-electron chi connectivity index (χ3n) is 2.45. The van der Waals surface area contributed by atoms with E-state index >= 15 is 0 Å². The molecule has 1 unspecified atom stereocenters. The first kappa shape index (κ1) is 12.2. The minimum atomic E-state index is -0.951. The van der Waals surface area contributed by atoms with Crippen LogP contribution in [0.3, 0.4) is 0 Å². The van der Waals surface area contributed by atoms with Gasteiger partial charge >= 0.3 is 5.97 Å². The number of benzene rings is 1. The molecule has 0 radical (unpaired) electrons. The van der Waals surface area contributed by atoms with Gasteiger partial charge in [-0.1, -0.05) is 19.1 Å². The van der Waals surface area contributed by atoms with E-state index in [-0.39, 0.29) is 23.8 Å². The molecule has 2 aromatic rings. The van der Waals surface area contributed by atoms with Gasteiger partial charge in [0.1, 0.15) is 5.82 Å². The average Bonchev–Trinajstić information content (AvgIpc) is 2.78. The molecule has 0 spiro atoms. The zero-order valence-electron chi connectivity index (χ0n) is 9.63. The molecule has 0 aliphatic rings. The largest absolute Gasteiger partial charge is 0.481 e. The molecule has 0 aliphatic heterocycles. The first-order chi connectivity index (χ1) is 8.58. The van der Waals surface area contributed by atoms with Crippen molar-refractivity contribution in [3.05, 3.63) is 36.0 Å². The number of rotatable bonds is 4. The van der Waals surface area contributed by atoms with Crippen molar-refractivity contribution in [3.8, 4) is 11.5 Å². The highest BCUT2D eigenvalue weighted by Crippen LogP contribution is 2.24. The number of carbonyl (C=O) groups is 1. The lowest BCUT2D eigenvalue weighted by atomic mass is 10.1. The maximum absolute atomic E-state index is 13.5. The summed E-state index contributed by atoms with van der Waals surface area (Å²) < 4.78 is 18.8. The Balaban J connectivity index is 2.26. The molecule has 1 atom stereocenters. The molecule has 0 amide bonds. The van der Waals surface area contributed by atoms with E-state index in [9.17, 15) is 9.18 Å². The van der Waals surface area contributed by atoms with Crippen molar-refractivity contribution in [1.29, 1.82) is 0 Å². The van der Waals surface area contributed by atoms with Crippen molar-refractivity contribution in [2.24, 2.45) is 0 Å². The average molecular weight is 250 g/mol. The van der Waals surface area contributed by atoms with Gasteiger partial charge in [-0.05, 0) is 12.1 Å². The number of hydrogen-bond donors (Lipinski definition) is 1. The summed E-state index contributed by atoms with van der Waals surface area (Å²) in [5.74, 6) is -1.57. The molecule has 18 heavy (non-hydrogen) atoms. The zero-order chi connectivity index (χ0) is 13.1. The van der Waals surface area contributed by atoms with Crippen molar-refractivity contribution >= 4 is 5.97 Å². The molecule has 6 heteroatoms. The lowest BCUT2D eigenvalue weighted by Gasteiger charge is -2.01. The predicted molar refractivity (Wildman–Crippen MR) is 60.4 cm³/mol. The summed E-state index contributed by atoms with van der Waals surface area (Å²) in [4.78, 5) is 10.6. The van der Waals surface area contributed by atoms with Gasteiger partial charge in [-0.15, -0.1) is 10.2 Å². The number of halogens is 1. The van der Waals surface area contributed by atoms with Gasteiger partial charge in [0.2, 0.25) is 5.89 Å². The summed E-state index contributed by atoms with van der Waals surface area (Å²) in [6.45, 7) is 1.66. The van der Waals surface area contributed by atoms with Crippen molar-refractivity contribution in [3.63, 3.8) is 0 Å².